The highest BCUT2D eigenvalue weighted by Crippen LogP contribution is 2.14. The van der Waals surface area contributed by atoms with E-state index in [2.05, 4.69) is 32.8 Å². The average Bonchev–Trinajstić information content (AvgIpc) is 2.08. The van der Waals surface area contributed by atoms with Crippen molar-refractivity contribution >= 4 is 15.9 Å². The van der Waals surface area contributed by atoms with Crippen LogP contribution in [0, 0.1) is 5.82 Å². The molecule has 0 aliphatic heterocycles. The number of aryl methyl sites for hydroxylation is 1. The molecule has 4 heteroatoms. The van der Waals surface area contributed by atoms with Crippen molar-refractivity contribution in [1.82, 2.24) is 9.97 Å². The molecule has 66 valence electrons. The Hall–Kier alpha value is -0.510. The lowest BCUT2D eigenvalue weighted by molar-refractivity contribution is 0.574. The molecule has 0 saturated carbocycles. The van der Waals surface area contributed by atoms with Crippen LogP contribution < -0.4 is 0 Å². The van der Waals surface area contributed by atoms with Crippen LogP contribution in [0.2, 0.25) is 0 Å². The highest BCUT2D eigenvalue weighted by molar-refractivity contribution is 9.10. The van der Waals surface area contributed by atoms with Gasteiger partial charge in [-0.25, -0.2) is 14.4 Å². The van der Waals surface area contributed by atoms with Gasteiger partial charge in [-0.15, -0.1) is 0 Å². The second kappa shape index (κ2) is 4.50. The fourth-order valence-electron chi connectivity index (χ4n) is 0.900. The molecule has 0 atom stereocenters. The molecule has 0 unspecified atom stereocenters. The van der Waals surface area contributed by atoms with Crippen LogP contribution in [0.15, 0.2) is 10.9 Å². The summed E-state index contributed by atoms with van der Waals surface area (Å²) in [5.74, 6) is -0.328. The number of aromatic nitrogens is 2. The second-order valence-corrected chi connectivity index (χ2v) is 3.28. The van der Waals surface area contributed by atoms with Gasteiger partial charge in [0.25, 0.3) is 0 Å². The Morgan fingerprint density at radius 2 is 2.25 bits per heavy atom. The maximum Gasteiger partial charge on any atom is 0.177 e. The van der Waals surface area contributed by atoms with E-state index < -0.39 is 0 Å². The summed E-state index contributed by atoms with van der Waals surface area (Å²) in [6.45, 7) is 2.06. The van der Waals surface area contributed by atoms with Crippen LogP contribution in [-0.4, -0.2) is 9.97 Å². The Bertz CT molecular complexity index is 265. The maximum absolute atomic E-state index is 13.2. The summed E-state index contributed by atoms with van der Waals surface area (Å²) in [5.41, 5.74) is 0.499. The van der Waals surface area contributed by atoms with Gasteiger partial charge < -0.3 is 0 Å². The highest BCUT2D eigenvalue weighted by atomic mass is 79.9. The SMILES string of the molecule is CCCCc1ncnc(Br)c1F. The zero-order chi connectivity index (χ0) is 8.97. The first-order valence-electron chi connectivity index (χ1n) is 3.90. The van der Waals surface area contributed by atoms with Crippen molar-refractivity contribution in [2.75, 3.05) is 0 Å². The highest BCUT2D eigenvalue weighted by Gasteiger charge is 2.07. The molecular formula is C8H10BrFN2. The van der Waals surface area contributed by atoms with Crippen molar-refractivity contribution < 1.29 is 4.39 Å². The number of nitrogens with zero attached hydrogens (tertiary/aromatic N) is 2. The second-order valence-electron chi connectivity index (χ2n) is 2.53. The zero-order valence-corrected chi connectivity index (χ0v) is 8.44. The summed E-state index contributed by atoms with van der Waals surface area (Å²) in [4.78, 5) is 7.54. The summed E-state index contributed by atoms with van der Waals surface area (Å²) in [5, 5.41) is 0. The van der Waals surface area contributed by atoms with Gasteiger partial charge in [0.2, 0.25) is 0 Å². The lowest BCUT2D eigenvalue weighted by Crippen LogP contribution is -1.97. The number of hydrogen-bond donors (Lipinski definition) is 0. The topological polar surface area (TPSA) is 25.8 Å². The third-order valence-corrected chi connectivity index (χ3v) is 2.14. The van der Waals surface area contributed by atoms with E-state index >= 15 is 0 Å². The molecule has 0 amide bonds. The van der Waals surface area contributed by atoms with Crippen LogP contribution in [-0.2, 0) is 6.42 Å². The molecule has 0 bridgehead atoms. The van der Waals surface area contributed by atoms with Crippen molar-refractivity contribution in [2.45, 2.75) is 26.2 Å². The third kappa shape index (κ3) is 2.24. The van der Waals surface area contributed by atoms with Gasteiger partial charge in [-0.2, -0.15) is 0 Å². The van der Waals surface area contributed by atoms with Crippen LogP contribution >= 0.6 is 15.9 Å². The number of hydrogen-bond acceptors (Lipinski definition) is 2. The molecule has 0 spiro atoms. The minimum atomic E-state index is -0.328. The summed E-state index contributed by atoms with van der Waals surface area (Å²) in [7, 11) is 0. The average molecular weight is 233 g/mol. The molecule has 0 aromatic carbocycles. The van der Waals surface area contributed by atoms with E-state index in [1.54, 1.807) is 0 Å². The van der Waals surface area contributed by atoms with Gasteiger partial charge in [-0.1, -0.05) is 13.3 Å². The number of halogens is 2. The minimum Gasteiger partial charge on any atom is -0.238 e. The van der Waals surface area contributed by atoms with Crippen LogP contribution in [0.25, 0.3) is 0 Å². The first-order valence-corrected chi connectivity index (χ1v) is 4.70. The Labute approximate surface area is 79.4 Å². The predicted octanol–water partition coefficient (Wildman–Crippen LogP) is 2.72. The molecule has 0 saturated heterocycles. The van der Waals surface area contributed by atoms with Crippen LogP contribution in [0.4, 0.5) is 4.39 Å². The molecule has 0 radical (unpaired) electrons. The number of unbranched alkanes of at least 4 members (excludes halogenated alkanes) is 1. The van der Waals surface area contributed by atoms with Crippen molar-refractivity contribution in [3.8, 4) is 0 Å². The molecule has 1 aromatic heterocycles. The number of rotatable bonds is 3. The molecule has 1 rings (SSSR count). The van der Waals surface area contributed by atoms with E-state index in [0.717, 1.165) is 12.8 Å². The van der Waals surface area contributed by atoms with E-state index in [9.17, 15) is 4.39 Å². The summed E-state index contributed by atoms with van der Waals surface area (Å²) < 4.78 is 13.4. The Morgan fingerprint density at radius 3 is 2.92 bits per heavy atom. The molecule has 1 aromatic rings. The Morgan fingerprint density at radius 1 is 1.50 bits per heavy atom. The van der Waals surface area contributed by atoms with Gasteiger partial charge >= 0.3 is 0 Å². The molecule has 12 heavy (non-hydrogen) atoms. The molecule has 0 N–H and O–H groups in total. The van der Waals surface area contributed by atoms with Crippen LogP contribution in [0.3, 0.4) is 0 Å². The summed E-state index contributed by atoms with van der Waals surface area (Å²) in [6, 6.07) is 0. The minimum absolute atomic E-state index is 0.253. The van der Waals surface area contributed by atoms with Gasteiger partial charge in [0.05, 0.1) is 5.69 Å². The fourth-order valence-corrected chi connectivity index (χ4v) is 1.22. The predicted molar refractivity (Wildman–Crippen MR) is 48.3 cm³/mol. The van der Waals surface area contributed by atoms with Crippen molar-refractivity contribution in [3.63, 3.8) is 0 Å². The van der Waals surface area contributed by atoms with Crippen molar-refractivity contribution in [1.29, 1.82) is 0 Å². The maximum atomic E-state index is 13.2. The van der Waals surface area contributed by atoms with E-state index in [-0.39, 0.29) is 10.4 Å². The molecule has 0 aliphatic rings. The smallest absolute Gasteiger partial charge is 0.177 e. The van der Waals surface area contributed by atoms with Crippen molar-refractivity contribution in [2.24, 2.45) is 0 Å². The third-order valence-electron chi connectivity index (χ3n) is 1.59. The van der Waals surface area contributed by atoms with E-state index in [0.29, 0.717) is 12.1 Å². The first-order chi connectivity index (χ1) is 5.75. The Kier molecular flexibility index (Phi) is 3.59. The molecule has 1 heterocycles. The normalized spacial score (nSPS) is 10.2. The molecule has 2 nitrogen and oxygen atoms in total. The van der Waals surface area contributed by atoms with Crippen LogP contribution in [0.5, 0.6) is 0 Å². The Balaban J connectivity index is 2.78. The van der Waals surface area contributed by atoms with Gasteiger partial charge in [-0.3, -0.25) is 0 Å². The first kappa shape index (κ1) is 9.58. The fraction of sp³-hybridized carbons (Fsp3) is 0.500. The van der Waals surface area contributed by atoms with E-state index in [1.807, 2.05) is 0 Å². The van der Waals surface area contributed by atoms with Gasteiger partial charge in [0.1, 0.15) is 10.9 Å². The lowest BCUT2D eigenvalue weighted by Gasteiger charge is -2.00. The van der Waals surface area contributed by atoms with E-state index in [4.69, 9.17) is 0 Å². The van der Waals surface area contributed by atoms with Gasteiger partial charge in [0.15, 0.2) is 5.82 Å². The van der Waals surface area contributed by atoms with Gasteiger partial charge in [-0.05, 0) is 28.8 Å². The monoisotopic (exact) mass is 232 g/mol. The summed E-state index contributed by atoms with van der Waals surface area (Å²) >= 11 is 3.01. The zero-order valence-electron chi connectivity index (χ0n) is 6.85. The largest absolute Gasteiger partial charge is 0.238 e. The standard InChI is InChI=1S/C8H10BrFN2/c1-2-3-4-6-7(10)8(9)12-5-11-6/h5H,2-4H2,1H3. The molecule has 0 aliphatic carbocycles. The molecule has 0 fully saturated rings. The van der Waals surface area contributed by atoms with Crippen LogP contribution in [0.1, 0.15) is 25.5 Å². The van der Waals surface area contributed by atoms with Crippen molar-refractivity contribution in [3.05, 3.63) is 22.4 Å². The summed E-state index contributed by atoms with van der Waals surface area (Å²) in [6.07, 6.45) is 4.06. The lowest BCUT2D eigenvalue weighted by atomic mass is 10.2. The van der Waals surface area contributed by atoms with Gasteiger partial charge in [0, 0.05) is 0 Å². The molecular weight excluding hydrogens is 223 g/mol. The van der Waals surface area contributed by atoms with E-state index in [1.165, 1.54) is 6.33 Å². The quantitative estimate of drug-likeness (QED) is 0.750.